The molecule has 0 aliphatic carbocycles. The molecule has 0 bridgehead atoms. The summed E-state index contributed by atoms with van der Waals surface area (Å²) in [6, 6.07) is 7.49. The molecule has 0 radical (unpaired) electrons. The van der Waals surface area contributed by atoms with Gasteiger partial charge in [0.1, 0.15) is 0 Å². The van der Waals surface area contributed by atoms with Crippen LogP contribution in [-0.4, -0.2) is 23.3 Å². The number of amides is 2. The number of hydrogen-bond acceptors (Lipinski definition) is 4. The van der Waals surface area contributed by atoms with E-state index in [4.69, 9.17) is 0 Å². The average Bonchev–Trinajstić information content (AvgIpc) is 2.92. The molecule has 0 atom stereocenters. The van der Waals surface area contributed by atoms with Crippen molar-refractivity contribution in [1.29, 1.82) is 0 Å². The molecule has 5 nitrogen and oxygen atoms in total. The largest absolute Gasteiger partial charge is 0.316 e. The van der Waals surface area contributed by atoms with Gasteiger partial charge in [0, 0.05) is 23.8 Å². The Kier molecular flexibility index (Phi) is 4.47. The lowest BCUT2D eigenvalue weighted by Gasteiger charge is -2.20. The maximum atomic E-state index is 12.2. The van der Waals surface area contributed by atoms with Crippen molar-refractivity contribution in [3.63, 3.8) is 0 Å². The van der Waals surface area contributed by atoms with Gasteiger partial charge in [0.2, 0.25) is 0 Å². The van der Waals surface area contributed by atoms with E-state index in [1.54, 1.807) is 11.6 Å². The summed E-state index contributed by atoms with van der Waals surface area (Å²) >= 11 is 1.27. The van der Waals surface area contributed by atoms with Crippen LogP contribution in [0.1, 0.15) is 12.5 Å². The molecule has 0 spiro atoms. The van der Waals surface area contributed by atoms with E-state index in [2.05, 4.69) is 10.3 Å². The van der Waals surface area contributed by atoms with Gasteiger partial charge in [-0.2, -0.15) is 0 Å². The first-order valence-corrected chi connectivity index (χ1v) is 7.08. The van der Waals surface area contributed by atoms with Crippen LogP contribution in [0.4, 0.5) is 10.8 Å². The molecular formula is C14H15N3O2S. The summed E-state index contributed by atoms with van der Waals surface area (Å²) in [4.78, 5) is 29.5. The number of thiazole rings is 1. The minimum absolute atomic E-state index is 0.420. The van der Waals surface area contributed by atoms with E-state index in [1.165, 1.54) is 16.2 Å². The third-order valence-corrected chi connectivity index (χ3v) is 3.41. The van der Waals surface area contributed by atoms with Crippen LogP contribution in [0.15, 0.2) is 35.8 Å². The Morgan fingerprint density at radius 3 is 2.80 bits per heavy atom. The first-order chi connectivity index (χ1) is 9.61. The van der Waals surface area contributed by atoms with Gasteiger partial charge in [0.25, 0.3) is 0 Å². The summed E-state index contributed by atoms with van der Waals surface area (Å²) < 4.78 is 0. The number of rotatable bonds is 3. The maximum Gasteiger partial charge on any atom is 0.316 e. The van der Waals surface area contributed by atoms with Crippen molar-refractivity contribution in [2.24, 2.45) is 0 Å². The van der Waals surface area contributed by atoms with Crippen molar-refractivity contribution in [3.8, 4) is 0 Å². The van der Waals surface area contributed by atoms with Gasteiger partial charge < -0.3 is 4.90 Å². The molecule has 0 fully saturated rings. The Bertz CT molecular complexity index is 611. The van der Waals surface area contributed by atoms with E-state index in [0.717, 1.165) is 5.56 Å². The van der Waals surface area contributed by atoms with Crippen molar-refractivity contribution in [2.45, 2.75) is 13.8 Å². The summed E-state index contributed by atoms with van der Waals surface area (Å²) in [6.07, 6.45) is 1.57. The molecule has 104 valence electrons. The third-order valence-electron chi connectivity index (χ3n) is 2.72. The molecule has 1 N–H and O–H groups in total. The molecule has 0 aliphatic heterocycles. The van der Waals surface area contributed by atoms with E-state index in [9.17, 15) is 9.59 Å². The Hall–Kier alpha value is -2.21. The van der Waals surface area contributed by atoms with Crippen molar-refractivity contribution >= 4 is 34.0 Å². The fourth-order valence-electron chi connectivity index (χ4n) is 1.80. The van der Waals surface area contributed by atoms with Gasteiger partial charge in [-0.1, -0.05) is 12.1 Å². The number of carbonyl (C=O) groups excluding carboxylic acids is 2. The lowest BCUT2D eigenvalue weighted by atomic mass is 10.2. The molecular weight excluding hydrogens is 274 g/mol. The van der Waals surface area contributed by atoms with Gasteiger partial charge in [-0.3, -0.25) is 14.9 Å². The number of benzene rings is 1. The molecule has 20 heavy (non-hydrogen) atoms. The highest BCUT2D eigenvalue weighted by molar-refractivity contribution is 7.13. The molecule has 0 aliphatic rings. The second-order valence-corrected chi connectivity index (χ2v) is 5.07. The predicted molar refractivity (Wildman–Crippen MR) is 79.9 cm³/mol. The molecule has 1 aromatic heterocycles. The zero-order valence-corrected chi connectivity index (χ0v) is 12.1. The average molecular weight is 289 g/mol. The number of anilines is 2. The SMILES string of the molecule is CCN(C(=O)C(=O)Nc1nccs1)c1cccc(C)c1. The molecule has 0 saturated carbocycles. The smallest absolute Gasteiger partial charge is 0.304 e. The maximum absolute atomic E-state index is 12.2. The second kappa shape index (κ2) is 6.29. The Balaban J connectivity index is 2.14. The van der Waals surface area contributed by atoms with Gasteiger partial charge in [-0.15, -0.1) is 11.3 Å². The highest BCUT2D eigenvalue weighted by atomic mass is 32.1. The molecule has 0 saturated heterocycles. The van der Waals surface area contributed by atoms with Crippen LogP contribution in [0.3, 0.4) is 0 Å². The van der Waals surface area contributed by atoms with Crippen LogP contribution < -0.4 is 10.2 Å². The van der Waals surface area contributed by atoms with E-state index in [-0.39, 0.29) is 0 Å². The highest BCUT2D eigenvalue weighted by Gasteiger charge is 2.22. The Morgan fingerprint density at radius 1 is 1.40 bits per heavy atom. The fourth-order valence-corrected chi connectivity index (χ4v) is 2.32. The first-order valence-electron chi connectivity index (χ1n) is 6.21. The van der Waals surface area contributed by atoms with E-state index in [0.29, 0.717) is 17.4 Å². The summed E-state index contributed by atoms with van der Waals surface area (Å²) in [6.45, 7) is 4.20. The molecule has 1 heterocycles. The zero-order valence-electron chi connectivity index (χ0n) is 11.3. The number of nitrogens with one attached hydrogen (secondary N) is 1. The van der Waals surface area contributed by atoms with Gasteiger partial charge in [-0.05, 0) is 31.5 Å². The van der Waals surface area contributed by atoms with Crippen LogP contribution in [0.5, 0.6) is 0 Å². The summed E-state index contributed by atoms with van der Waals surface area (Å²) in [7, 11) is 0. The van der Waals surface area contributed by atoms with E-state index >= 15 is 0 Å². The van der Waals surface area contributed by atoms with Gasteiger partial charge in [-0.25, -0.2) is 4.98 Å². The fraction of sp³-hybridized carbons (Fsp3) is 0.214. The lowest BCUT2D eigenvalue weighted by Crippen LogP contribution is -2.39. The normalized spacial score (nSPS) is 10.1. The molecule has 6 heteroatoms. The highest BCUT2D eigenvalue weighted by Crippen LogP contribution is 2.17. The molecule has 2 aromatic rings. The summed E-state index contributed by atoms with van der Waals surface area (Å²) in [5, 5.41) is 4.65. The van der Waals surface area contributed by atoms with Crippen LogP contribution in [-0.2, 0) is 9.59 Å². The summed E-state index contributed by atoms with van der Waals surface area (Å²) in [5.41, 5.74) is 1.75. The van der Waals surface area contributed by atoms with Gasteiger partial charge in [0.15, 0.2) is 5.13 Å². The molecule has 2 rings (SSSR count). The Labute approximate surface area is 121 Å². The van der Waals surface area contributed by atoms with Crippen molar-refractivity contribution in [2.75, 3.05) is 16.8 Å². The number of nitrogens with zero attached hydrogens (tertiary/aromatic N) is 2. The number of likely N-dealkylation sites (N-methyl/N-ethyl adjacent to an activating group) is 1. The minimum atomic E-state index is -0.677. The molecule has 1 aromatic carbocycles. The van der Waals surface area contributed by atoms with Crippen molar-refractivity contribution < 1.29 is 9.59 Å². The number of aryl methyl sites for hydroxylation is 1. The monoisotopic (exact) mass is 289 g/mol. The third kappa shape index (κ3) is 3.21. The minimum Gasteiger partial charge on any atom is -0.304 e. The number of carbonyl (C=O) groups is 2. The van der Waals surface area contributed by atoms with Crippen LogP contribution in [0.25, 0.3) is 0 Å². The Morgan fingerprint density at radius 2 is 2.20 bits per heavy atom. The van der Waals surface area contributed by atoms with Gasteiger partial charge in [0.05, 0.1) is 0 Å². The first kappa shape index (κ1) is 14.2. The van der Waals surface area contributed by atoms with Crippen LogP contribution >= 0.6 is 11.3 Å². The molecule has 0 unspecified atom stereocenters. The van der Waals surface area contributed by atoms with Crippen molar-refractivity contribution in [3.05, 3.63) is 41.4 Å². The van der Waals surface area contributed by atoms with E-state index in [1.807, 2.05) is 38.1 Å². The second-order valence-electron chi connectivity index (χ2n) is 4.18. The standard InChI is InChI=1S/C14H15N3O2S/c1-3-17(11-6-4-5-10(2)9-11)13(19)12(18)16-14-15-7-8-20-14/h4-9H,3H2,1-2H3,(H,15,16,18). The summed E-state index contributed by atoms with van der Waals surface area (Å²) in [5.74, 6) is -1.27. The zero-order chi connectivity index (χ0) is 14.5. The lowest BCUT2D eigenvalue weighted by molar-refractivity contribution is -0.134. The van der Waals surface area contributed by atoms with Gasteiger partial charge >= 0.3 is 11.8 Å². The number of aromatic nitrogens is 1. The van der Waals surface area contributed by atoms with Crippen LogP contribution in [0.2, 0.25) is 0 Å². The van der Waals surface area contributed by atoms with E-state index < -0.39 is 11.8 Å². The quantitative estimate of drug-likeness (QED) is 0.883. The predicted octanol–water partition coefficient (Wildman–Crippen LogP) is 2.44. The molecule has 2 amide bonds. The van der Waals surface area contributed by atoms with Crippen LogP contribution in [0, 0.1) is 6.92 Å². The number of hydrogen-bond donors (Lipinski definition) is 1. The topological polar surface area (TPSA) is 62.3 Å². The van der Waals surface area contributed by atoms with Crippen molar-refractivity contribution in [1.82, 2.24) is 4.98 Å².